The molecule has 0 aliphatic heterocycles. The fraction of sp³-hybridized carbons (Fsp3) is 0.533. The standard InChI is InChI=1S/C15H19F2NO3/c1-3-21-13-7-10(13)15(20)18-8(2)14(19)9-4-5-11(16)12(17)6-9/h4-6,8,10,13-14,19H,3,7H2,1-2H3,(H,18,20). The molecule has 1 saturated carbocycles. The highest BCUT2D eigenvalue weighted by molar-refractivity contribution is 5.82. The van der Waals surface area contributed by atoms with Crippen LogP contribution in [-0.2, 0) is 9.53 Å². The van der Waals surface area contributed by atoms with Crippen molar-refractivity contribution in [2.45, 2.75) is 38.5 Å². The molecule has 1 aliphatic carbocycles. The number of hydrogen-bond donors (Lipinski definition) is 2. The van der Waals surface area contributed by atoms with E-state index >= 15 is 0 Å². The van der Waals surface area contributed by atoms with Crippen molar-refractivity contribution in [1.82, 2.24) is 5.32 Å². The Morgan fingerprint density at radius 1 is 1.48 bits per heavy atom. The van der Waals surface area contributed by atoms with E-state index in [2.05, 4.69) is 5.32 Å². The van der Waals surface area contributed by atoms with Crippen LogP contribution < -0.4 is 5.32 Å². The van der Waals surface area contributed by atoms with Crippen LogP contribution in [0.15, 0.2) is 18.2 Å². The summed E-state index contributed by atoms with van der Waals surface area (Å²) >= 11 is 0. The van der Waals surface area contributed by atoms with E-state index < -0.39 is 23.8 Å². The summed E-state index contributed by atoms with van der Waals surface area (Å²) in [7, 11) is 0. The molecule has 116 valence electrons. The van der Waals surface area contributed by atoms with Crippen LogP contribution in [0, 0.1) is 17.6 Å². The minimum Gasteiger partial charge on any atom is -0.386 e. The molecule has 1 aromatic carbocycles. The van der Waals surface area contributed by atoms with Gasteiger partial charge in [0.15, 0.2) is 11.6 Å². The number of amides is 1. The molecular formula is C15H19F2NO3. The van der Waals surface area contributed by atoms with Crippen molar-refractivity contribution in [3.63, 3.8) is 0 Å². The Hall–Kier alpha value is -1.53. The van der Waals surface area contributed by atoms with Crippen LogP contribution in [0.3, 0.4) is 0 Å². The monoisotopic (exact) mass is 299 g/mol. The van der Waals surface area contributed by atoms with E-state index in [1.807, 2.05) is 6.92 Å². The fourth-order valence-corrected chi connectivity index (χ4v) is 2.24. The van der Waals surface area contributed by atoms with Gasteiger partial charge in [-0.1, -0.05) is 6.07 Å². The summed E-state index contributed by atoms with van der Waals surface area (Å²) in [5.41, 5.74) is 0.221. The first-order valence-corrected chi connectivity index (χ1v) is 6.99. The summed E-state index contributed by atoms with van der Waals surface area (Å²) in [5, 5.41) is 12.8. The van der Waals surface area contributed by atoms with Gasteiger partial charge >= 0.3 is 0 Å². The molecule has 6 heteroatoms. The van der Waals surface area contributed by atoms with Crippen molar-refractivity contribution in [3.05, 3.63) is 35.4 Å². The molecule has 0 heterocycles. The lowest BCUT2D eigenvalue weighted by Crippen LogP contribution is -2.38. The SMILES string of the molecule is CCOC1CC1C(=O)NC(C)C(O)c1ccc(F)c(F)c1. The molecule has 0 bridgehead atoms. The molecule has 4 unspecified atom stereocenters. The zero-order valence-corrected chi connectivity index (χ0v) is 12.0. The quantitative estimate of drug-likeness (QED) is 0.844. The van der Waals surface area contributed by atoms with E-state index in [1.165, 1.54) is 6.07 Å². The molecular weight excluding hydrogens is 280 g/mol. The number of benzene rings is 1. The zero-order valence-electron chi connectivity index (χ0n) is 12.0. The third-order valence-electron chi connectivity index (χ3n) is 3.58. The number of nitrogens with one attached hydrogen (secondary N) is 1. The van der Waals surface area contributed by atoms with Crippen LogP contribution >= 0.6 is 0 Å². The van der Waals surface area contributed by atoms with Crippen molar-refractivity contribution in [3.8, 4) is 0 Å². The van der Waals surface area contributed by atoms with Gasteiger partial charge in [-0.15, -0.1) is 0 Å². The maximum atomic E-state index is 13.1. The van der Waals surface area contributed by atoms with Gasteiger partial charge in [-0.2, -0.15) is 0 Å². The van der Waals surface area contributed by atoms with Gasteiger partial charge < -0.3 is 15.2 Å². The van der Waals surface area contributed by atoms with Crippen molar-refractivity contribution in [2.75, 3.05) is 6.61 Å². The molecule has 1 fully saturated rings. The molecule has 0 aromatic heterocycles. The van der Waals surface area contributed by atoms with Crippen molar-refractivity contribution in [2.24, 2.45) is 5.92 Å². The van der Waals surface area contributed by atoms with E-state index in [1.54, 1.807) is 6.92 Å². The molecule has 1 aliphatic rings. The number of hydrogen-bond acceptors (Lipinski definition) is 3. The van der Waals surface area contributed by atoms with Crippen molar-refractivity contribution < 1.29 is 23.4 Å². The summed E-state index contributed by atoms with van der Waals surface area (Å²) in [5.74, 6) is -2.38. The van der Waals surface area contributed by atoms with E-state index in [0.29, 0.717) is 13.0 Å². The van der Waals surface area contributed by atoms with Gasteiger partial charge in [0.1, 0.15) is 0 Å². The predicted octanol–water partition coefficient (Wildman–Crippen LogP) is 1.93. The average molecular weight is 299 g/mol. The third-order valence-corrected chi connectivity index (χ3v) is 3.58. The van der Waals surface area contributed by atoms with Crippen LogP contribution in [0.5, 0.6) is 0 Å². The van der Waals surface area contributed by atoms with E-state index in [-0.39, 0.29) is 23.5 Å². The van der Waals surface area contributed by atoms with Gasteiger partial charge in [-0.3, -0.25) is 4.79 Å². The molecule has 2 rings (SSSR count). The summed E-state index contributed by atoms with van der Waals surface area (Å²) in [4.78, 5) is 11.9. The maximum absolute atomic E-state index is 13.1. The number of aliphatic hydroxyl groups excluding tert-OH is 1. The summed E-state index contributed by atoms with van der Waals surface area (Å²) < 4.78 is 31.3. The number of carbonyl (C=O) groups excluding carboxylic acids is 1. The van der Waals surface area contributed by atoms with Crippen molar-refractivity contribution in [1.29, 1.82) is 0 Å². The second kappa shape index (κ2) is 6.49. The van der Waals surface area contributed by atoms with Crippen LogP contribution in [0.25, 0.3) is 0 Å². The smallest absolute Gasteiger partial charge is 0.226 e. The molecule has 21 heavy (non-hydrogen) atoms. The normalized spacial score (nSPS) is 23.5. The largest absolute Gasteiger partial charge is 0.386 e. The lowest BCUT2D eigenvalue weighted by molar-refractivity contribution is -0.124. The van der Waals surface area contributed by atoms with Crippen molar-refractivity contribution >= 4 is 5.91 Å². The Balaban J connectivity index is 1.92. The van der Waals surface area contributed by atoms with E-state index in [4.69, 9.17) is 4.74 Å². The van der Waals surface area contributed by atoms with Crippen LogP contribution in [-0.4, -0.2) is 29.8 Å². The van der Waals surface area contributed by atoms with Crippen LogP contribution in [0.1, 0.15) is 31.9 Å². The molecule has 1 aromatic rings. The van der Waals surface area contributed by atoms with Gasteiger partial charge in [0.05, 0.1) is 24.2 Å². The minimum atomic E-state index is -1.10. The summed E-state index contributed by atoms with van der Waals surface area (Å²) in [6, 6.07) is 2.58. The second-order valence-corrected chi connectivity index (χ2v) is 5.25. The summed E-state index contributed by atoms with van der Waals surface area (Å²) in [6.45, 7) is 4.03. The highest BCUT2D eigenvalue weighted by Crippen LogP contribution is 2.34. The highest BCUT2D eigenvalue weighted by Gasteiger charge is 2.44. The maximum Gasteiger partial charge on any atom is 0.226 e. The molecule has 0 radical (unpaired) electrons. The van der Waals surface area contributed by atoms with Gasteiger partial charge in [-0.05, 0) is 38.0 Å². The van der Waals surface area contributed by atoms with Gasteiger partial charge in [0.2, 0.25) is 5.91 Å². The second-order valence-electron chi connectivity index (χ2n) is 5.25. The molecule has 2 N–H and O–H groups in total. The van der Waals surface area contributed by atoms with Gasteiger partial charge in [-0.25, -0.2) is 8.78 Å². The first kappa shape index (κ1) is 15.9. The van der Waals surface area contributed by atoms with Crippen LogP contribution in [0.2, 0.25) is 0 Å². The fourth-order valence-electron chi connectivity index (χ4n) is 2.24. The molecule has 0 saturated heterocycles. The molecule has 1 amide bonds. The molecule has 4 nitrogen and oxygen atoms in total. The Morgan fingerprint density at radius 2 is 2.19 bits per heavy atom. The first-order chi connectivity index (χ1) is 9.93. The number of ether oxygens (including phenoxy) is 1. The Labute approximate surface area is 122 Å². The number of rotatable bonds is 6. The highest BCUT2D eigenvalue weighted by atomic mass is 19.2. The lowest BCUT2D eigenvalue weighted by atomic mass is 10.0. The predicted molar refractivity (Wildman–Crippen MR) is 72.4 cm³/mol. The minimum absolute atomic E-state index is 0.0531. The Bertz CT molecular complexity index is 524. The Kier molecular flexibility index (Phi) is 4.90. The average Bonchev–Trinajstić information content (AvgIpc) is 3.21. The topological polar surface area (TPSA) is 58.6 Å². The van der Waals surface area contributed by atoms with Crippen LogP contribution in [0.4, 0.5) is 8.78 Å². The number of carbonyl (C=O) groups is 1. The number of aliphatic hydroxyl groups is 1. The third kappa shape index (κ3) is 3.77. The molecule has 0 spiro atoms. The Morgan fingerprint density at radius 3 is 2.81 bits per heavy atom. The van der Waals surface area contributed by atoms with E-state index in [0.717, 1.165) is 12.1 Å². The summed E-state index contributed by atoms with van der Waals surface area (Å²) in [6.07, 6.45) is -0.482. The van der Waals surface area contributed by atoms with E-state index in [9.17, 15) is 18.7 Å². The zero-order chi connectivity index (χ0) is 15.6. The first-order valence-electron chi connectivity index (χ1n) is 6.99. The molecule has 4 atom stereocenters. The number of halogens is 2. The van der Waals surface area contributed by atoms with Gasteiger partial charge in [0, 0.05) is 6.61 Å². The van der Waals surface area contributed by atoms with Gasteiger partial charge in [0.25, 0.3) is 0 Å². The lowest BCUT2D eigenvalue weighted by Gasteiger charge is -2.21.